The van der Waals surface area contributed by atoms with Crippen molar-refractivity contribution in [1.29, 1.82) is 0 Å². The number of hydrogen-bond donors (Lipinski definition) is 1. The molecule has 2 amide bonds. The average molecular weight is 285 g/mol. The van der Waals surface area contributed by atoms with Crippen molar-refractivity contribution >= 4 is 29.5 Å². The molecule has 2 atom stereocenters. The minimum Gasteiger partial charge on any atom is -0.478 e. The van der Waals surface area contributed by atoms with Gasteiger partial charge >= 0.3 is 5.97 Å². The van der Waals surface area contributed by atoms with E-state index in [0.717, 1.165) is 18.9 Å². The van der Waals surface area contributed by atoms with Crippen molar-refractivity contribution in [3.05, 3.63) is 35.9 Å². The molecule has 1 saturated carbocycles. The summed E-state index contributed by atoms with van der Waals surface area (Å²) in [5, 5.41) is 8.65. The van der Waals surface area contributed by atoms with Crippen molar-refractivity contribution in [2.24, 2.45) is 11.8 Å². The quantitative estimate of drug-likeness (QED) is 0.681. The third kappa shape index (κ3) is 2.46. The Balaban J connectivity index is 1.93. The first kappa shape index (κ1) is 13.5. The molecule has 1 aliphatic carbocycles. The Morgan fingerprint density at radius 2 is 1.86 bits per heavy atom. The van der Waals surface area contributed by atoms with Crippen LogP contribution in [-0.4, -0.2) is 22.9 Å². The van der Waals surface area contributed by atoms with Gasteiger partial charge in [0.1, 0.15) is 0 Å². The number of carboxylic acid groups (broad SMARTS) is 1. The number of amides is 2. The molecule has 1 aromatic carbocycles. The molecule has 2 unspecified atom stereocenters. The van der Waals surface area contributed by atoms with Crippen molar-refractivity contribution in [1.82, 2.24) is 0 Å². The molecule has 0 spiro atoms. The molecule has 1 heterocycles. The molecule has 108 valence electrons. The first-order valence-corrected chi connectivity index (χ1v) is 6.95. The van der Waals surface area contributed by atoms with E-state index < -0.39 is 5.97 Å². The summed E-state index contributed by atoms with van der Waals surface area (Å²) in [5.74, 6) is -1.40. The van der Waals surface area contributed by atoms with E-state index in [-0.39, 0.29) is 23.7 Å². The monoisotopic (exact) mass is 285 g/mol. The number of hydrogen-bond acceptors (Lipinski definition) is 3. The van der Waals surface area contributed by atoms with Crippen molar-refractivity contribution in [3.8, 4) is 0 Å². The number of rotatable bonds is 3. The number of carbonyl (C=O) groups is 3. The fourth-order valence-corrected chi connectivity index (χ4v) is 3.09. The van der Waals surface area contributed by atoms with Crippen LogP contribution in [0, 0.1) is 11.8 Å². The van der Waals surface area contributed by atoms with Gasteiger partial charge in [-0.1, -0.05) is 12.1 Å². The zero-order valence-corrected chi connectivity index (χ0v) is 11.4. The fraction of sp³-hybridized carbons (Fsp3) is 0.312. The van der Waals surface area contributed by atoms with Crippen LogP contribution >= 0.6 is 0 Å². The largest absolute Gasteiger partial charge is 0.478 e. The number of imide groups is 1. The van der Waals surface area contributed by atoms with Crippen molar-refractivity contribution in [3.63, 3.8) is 0 Å². The molecule has 1 saturated heterocycles. The zero-order chi connectivity index (χ0) is 15.0. The molecule has 2 bridgehead atoms. The van der Waals surface area contributed by atoms with Crippen molar-refractivity contribution in [2.75, 3.05) is 4.90 Å². The number of carboxylic acids is 1. The van der Waals surface area contributed by atoms with Gasteiger partial charge in [-0.2, -0.15) is 0 Å². The van der Waals surface area contributed by atoms with Gasteiger partial charge in [-0.15, -0.1) is 0 Å². The molecule has 1 N–H and O–H groups in total. The second kappa shape index (κ2) is 5.16. The lowest BCUT2D eigenvalue weighted by Gasteiger charge is -2.29. The summed E-state index contributed by atoms with van der Waals surface area (Å²) in [6, 6.07) is 6.82. The van der Waals surface area contributed by atoms with Crippen LogP contribution in [0.1, 0.15) is 24.8 Å². The summed E-state index contributed by atoms with van der Waals surface area (Å²) in [6.07, 6.45) is 4.71. The van der Waals surface area contributed by atoms with Crippen molar-refractivity contribution in [2.45, 2.75) is 19.3 Å². The molecule has 1 aliphatic heterocycles. The average Bonchev–Trinajstić information content (AvgIpc) is 2.91. The second-order valence-corrected chi connectivity index (χ2v) is 5.49. The van der Waals surface area contributed by atoms with Gasteiger partial charge in [0.15, 0.2) is 0 Å². The van der Waals surface area contributed by atoms with E-state index >= 15 is 0 Å². The molecule has 5 nitrogen and oxygen atoms in total. The maximum absolute atomic E-state index is 12.4. The van der Waals surface area contributed by atoms with Crippen LogP contribution in [0.5, 0.6) is 0 Å². The summed E-state index contributed by atoms with van der Waals surface area (Å²) < 4.78 is 0. The summed E-state index contributed by atoms with van der Waals surface area (Å²) in [5.41, 5.74) is 1.17. The first-order chi connectivity index (χ1) is 10.1. The fourth-order valence-electron chi connectivity index (χ4n) is 3.09. The van der Waals surface area contributed by atoms with E-state index in [0.29, 0.717) is 17.7 Å². The Morgan fingerprint density at radius 1 is 1.19 bits per heavy atom. The minimum atomic E-state index is -1.04. The van der Waals surface area contributed by atoms with Gasteiger partial charge in [-0.3, -0.25) is 14.5 Å². The van der Waals surface area contributed by atoms with Gasteiger partial charge in [0.25, 0.3) is 0 Å². The molecular weight excluding hydrogens is 270 g/mol. The number of aliphatic carboxylic acids is 1. The third-order valence-electron chi connectivity index (χ3n) is 4.12. The van der Waals surface area contributed by atoms with Crippen molar-refractivity contribution < 1.29 is 19.5 Å². The molecule has 0 radical (unpaired) electrons. The van der Waals surface area contributed by atoms with E-state index in [9.17, 15) is 14.4 Å². The highest BCUT2D eigenvalue weighted by Gasteiger charge is 2.45. The van der Waals surface area contributed by atoms with E-state index in [4.69, 9.17) is 5.11 Å². The van der Waals surface area contributed by atoms with Crippen LogP contribution in [0.25, 0.3) is 6.08 Å². The molecule has 3 rings (SSSR count). The maximum Gasteiger partial charge on any atom is 0.328 e. The smallest absolute Gasteiger partial charge is 0.328 e. The Kier molecular flexibility index (Phi) is 3.33. The zero-order valence-electron chi connectivity index (χ0n) is 11.4. The normalized spacial score (nSPS) is 24.9. The topological polar surface area (TPSA) is 74.7 Å². The van der Waals surface area contributed by atoms with E-state index in [2.05, 4.69) is 0 Å². The molecule has 2 aliphatic rings. The van der Waals surface area contributed by atoms with Gasteiger partial charge in [0.05, 0.1) is 5.69 Å². The van der Waals surface area contributed by atoms with E-state index in [1.54, 1.807) is 24.3 Å². The number of fused-ring (bicyclic) bond motifs is 2. The number of carbonyl (C=O) groups excluding carboxylic acids is 2. The highest BCUT2D eigenvalue weighted by atomic mass is 16.4. The SMILES string of the molecule is O=C(O)/C=C/c1cccc(N2C(=O)C3CCC(C3)C2=O)c1. The number of benzene rings is 1. The lowest BCUT2D eigenvalue weighted by atomic mass is 9.96. The standard InChI is InChI=1S/C16H15NO4/c18-14(19)7-4-10-2-1-3-13(8-10)17-15(20)11-5-6-12(9-11)16(17)21/h1-4,7-8,11-12H,5-6,9H2,(H,18,19)/b7-4+. The summed E-state index contributed by atoms with van der Waals surface area (Å²) in [6.45, 7) is 0. The second-order valence-electron chi connectivity index (χ2n) is 5.49. The van der Waals surface area contributed by atoms with Crippen LogP contribution < -0.4 is 4.90 Å². The Hall–Kier alpha value is -2.43. The summed E-state index contributed by atoms with van der Waals surface area (Å²) >= 11 is 0. The molecule has 0 aromatic heterocycles. The molecule has 1 aromatic rings. The molecule has 5 heteroatoms. The molecule has 21 heavy (non-hydrogen) atoms. The highest BCUT2D eigenvalue weighted by molar-refractivity contribution is 6.18. The molecular formula is C16H15NO4. The summed E-state index contributed by atoms with van der Waals surface area (Å²) in [7, 11) is 0. The number of nitrogens with zero attached hydrogens (tertiary/aromatic N) is 1. The number of anilines is 1. The Labute approximate surface area is 121 Å². The Bertz CT molecular complexity index is 627. The van der Waals surface area contributed by atoms with E-state index in [1.165, 1.54) is 11.0 Å². The lowest BCUT2D eigenvalue weighted by molar-refractivity contribution is -0.133. The Morgan fingerprint density at radius 3 is 2.48 bits per heavy atom. The predicted molar refractivity (Wildman–Crippen MR) is 76.4 cm³/mol. The molecule has 2 fully saturated rings. The van der Waals surface area contributed by atoms with Crippen LogP contribution in [0.15, 0.2) is 30.3 Å². The minimum absolute atomic E-state index is 0.0501. The summed E-state index contributed by atoms with van der Waals surface area (Å²) in [4.78, 5) is 36.5. The maximum atomic E-state index is 12.4. The predicted octanol–water partition coefficient (Wildman–Crippen LogP) is 2.07. The van der Waals surface area contributed by atoms with Gasteiger partial charge in [0.2, 0.25) is 11.8 Å². The van der Waals surface area contributed by atoms with Gasteiger partial charge < -0.3 is 5.11 Å². The van der Waals surface area contributed by atoms with Crippen LogP contribution in [0.4, 0.5) is 5.69 Å². The van der Waals surface area contributed by atoms with Gasteiger partial charge in [-0.25, -0.2) is 4.79 Å². The van der Waals surface area contributed by atoms with Crippen LogP contribution in [-0.2, 0) is 14.4 Å². The third-order valence-corrected chi connectivity index (χ3v) is 4.12. The lowest BCUT2D eigenvalue weighted by Crippen LogP contribution is -2.46. The van der Waals surface area contributed by atoms with Gasteiger partial charge in [0, 0.05) is 17.9 Å². The first-order valence-electron chi connectivity index (χ1n) is 6.95. The van der Waals surface area contributed by atoms with Gasteiger partial charge in [-0.05, 0) is 43.0 Å². The van der Waals surface area contributed by atoms with Crippen LogP contribution in [0.3, 0.4) is 0 Å². The highest BCUT2D eigenvalue weighted by Crippen LogP contribution is 2.40. The van der Waals surface area contributed by atoms with E-state index in [1.807, 2.05) is 0 Å². The number of piperidine rings is 1. The van der Waals surface area contributed by atoms with Crippen LogP contribution in [0.2, 0.25) is 0 Å².